The summed E-state index contributed by atoms with van der Waals surface area (Å²) >= 11 is 0. The maximum Gasteiger partial charge on any atom is 0.340 e. The van der Waals surface area contributed by atoms with Crippen LogP contribution in [0.4, 0.5) is 23.2 Å². The van der Waals surface area contributed by atoms with Gasteiger partial charge in [-0.2, -0.15) is 8.78 Å². The van der Waals surface area contributed by atoms with Crippen molar-refractivity contribution in [3.63, 3.8) is 0 Å². The Morgan fingerprint density at radius 3 is 2.35 bits per heavy atom. The van der Waals surface area contributed by atoms with Crippen LogP contribution < -0.4 is 15.6 Å². The quantitative estimate of drug-likeness (QED) is 0.636. The number of rotatable bonds is 5. The van der Waals surface area contributed by atoms with Crippen molar-refractivity contribution in [3.8, 4) is 5.75 Å². The van der Waals surface area contributed by atoms with E-state index in [-0.39, 0.29) is 17.0 Å². The van der Waals surface area contributed by atoms with Gasteiger partial charge in [-0.1, -0.05) is 0 Å². The van der Waals surface area contributed by atoms with Crippen molar-refractivity contribution < 1.29 is 30.7 Å². The number of anilines is 1. The SMILES string of the molecule is Cc1c(OCC(F)(F)C(F)F)cc(N)cc1S(N)(=O)=O. The number of alkyl halides is 4. The zero-order valence-corrected chi connectivity index (χ0v) is 11.1. The lowest BCUT2D eigenvalue weighted by Gasteiger charge is -2.18. The molecule has 1 rings (SSSR count). The van der Waals surface area contributed by atoms with Crippen LogP contribution in [-0.2, 0) is 10.0 Å². The lowest BCUT2D eigenvalue weighted by Crippen LogP contribution is -2.34. The highest BCUT2D eigenvalue weighted by Crippen LogP contribution is 2.30. The maximum absolute atomic E-state index is 12.7. The number of benzene rings is 1. The third-order valence-corrected chi connectivity index (χ3v) is 3.42. The Hall–Kier alpha value is -1.55. The van der Waals surface area contributed by atoms with Crippen LogP contribution in [0.3, 0.4) is 0 Å². The van der Waals surface area contributed by atoms with E-state index < -0.39 is 33.9 Å². The number of nitrogen functional groups attached to an aromatic ring is 1. The van der Waals surface area contributed by atoms with Crippen LogP contribution in [0, 0.1) is 6.92 Å². The molecule has 20 heavy (non-hydrogen) atoms. The summed E-state index contributed by atoms with van der Waals surface area (Å²) in [6.45, 7) is -0.381. The second kappa shape index (κ2) is 5.44. The first-order valence-electron chi connectivity index (χ1n) is 5.17. The fraction of sp³-hybridized carbons (Fsp3) is 0.400. The summed E-state index contributed by atoms with van der Waals surface area (Å²) in [5.74, 6) is -4.71. The molecular formula is C10H12F4N2O3S. The fourth-order valence-electron chi connectivity index (χ4n) is 1.36. The van der Waals surface area contributed by atoms with Crippen LogP contribution in [0.15, 0.2) is 17.0 Å². The monoisotopic (exact) mass is 316 g/mol. The predicted octanol–water partition coefficient (Wildman–Crippen LogP) is 1.50. The molecule has 114 valence electrons. The lowest BCUT2D eigenvalue weighted by atomic mass is 10.2. The largest absolute Gasteiger partial charge is 0.487 e. The summed E-state index contributed by atoms with van der Waals surface area (Å²) in [7, 11) is -4.14. The summed E-state index contributed by atoms with van der Waals surface area (Å²) in [6, 6.07) is 2.06. The number of sulfonamides is 1. The van der Waals surface area contributed by atoms with E-state index in [1.165, 1.54) is 6.92 Å². The number of halogens is 4. The molecule has 0 aromatic heterocycles. The van der Waals surface area contributed by atoms with E-state index >= 15 is 0 Å². The average molecular weight is 316 g/mol. The topological polar surface area (TPSA) is 95.4 Å². The first-order chi connectivity index (χ1) is 8.95. The van der Waals surface area contributed by atoms with Crippen molar-refractivity contribution in [1.82, 2.24) is 0 Å². The molecular weight excluding hydrogens is 304 g/mol. The van der Waals surface area contributed by atoms with Crippen LogP contribution in [0.2, 0.25) is 0 Å². The van der Waals surface area contributed by atoms with Gasteiger partial charge in [0, 0.05) is 17.3 Å². The molecule has 0 radical (unpaired) electrons. The number of ether oxygens (including phenoxy) is 1. The number of primary sulfonamides is 1. The third kappa shape index (κ3) is 3.73. The molecule has 5 nitrogen and oxygen atoms in total. The minimum atomic E-state index is -4.36. The molecule has 0 aliphatic heterocycles. The summed E-state index contributed by atoms with van der Waals surface area (Å²) < 4.78 is 76.6. The van der Waals surface area contributed by atoms with Gasteiger partial charge in [0.25, 0.3) is 0 Å². The average Bonchev–Trinajstić information content (AvgIpc) is 2.28. The highest BCUT2D eigenvalue weighted by Gasteiger charge is 2.41. The normalized spacial score (nSPS) is 12.8. The Balaban J connectivity index is 3.12. The first kappa shape index (κ1) is 16.5. The zero-order chi connectivity index (χ0) is 15.7. The van der Waals surface area contributed by atoms with Crippen molar-refractivity contribution in [2.75, 3.05) is 12.3 Å². The molecule has 0 aliphatic rings. The van der Waals surface area contributed by atoms with Crippen LogP contribution in [0.25, 0.3) is 0 Å². The van der Waals surface area contributed by atoms with Gasteiger partial charge in [-0.25, -0.2) is 22.3 Å². The second-order valence-corrected chi connectivity index (χ2v) is 5.57. The van der Waals surface area contributed by atoms with Crippen LogP contribution in [0.1, 0.15) is 5.56 Å². The Morgan fingerprint density at radius 1 is 1.35 bits per heavy atom. The van der Waals surface area contributed by atoms with E-state index in [0.29, 0.717) is 0 Å². The van der Waals surface area contributed by atoms with Crippen molar-refractivity contribution >= 4 is 15.7 Å². The molecule has 0 fully saturated rings. The van der Waals surface area contributed by atoms with E-state index in [9.17, 15) is 26.0 Å². The zero-order valence-electron chi connectivity index (χ0n) is 10.2. The molecule has 0 bridgehead atoms. The van der Waals surface area contributed by atoms with Gasteiger partial charge in [0.1, 0.15) is 5.75 Å². The van der Waals surface area contributed by atoms with Gasteiger partial charge < -0.3 is 10.5 Å². The molecule has 0 amide bonds. The molecule has 1 aromatic carbocycles. The van der Waals surface area contributed by atoms with Gasteiger partial charge >= 0.3 is 12.3 Å². The molecule has 0 unspecified atom stereocenters. The molecule has 0 heterocycles. The van der Waals surface area contributed by atoms with Crippen LogP contribution in [0.5, 0.6) is 5.75 Å². The lowest BCUT2D eigenvalue weighted by molar-refractivity contribution is -0.148. The third-order valence-electron chi connectivity index (χ3n) is 2.38. The van der Waals surface area contributed by atoms with Crippen molar-refractivity contribution in [3.05, 3.63) is 17.7 Å². The number of hydrogen-bond acceptors (Lipinski definition) is 4. The van der Waals surface area contributed by atoms with E-state index in [4.69, 9.17) is 10.9 Å². The van der Waals surface area contributed by atoms with Gasteiger partial charge in [-0.05, 0) is 13.0 Å². The van der Waals surface area contributed by atoms with Crippen molar-refractivity contribution in [2.45, 2.75) is 24.2 Å². The Kier molecular flexibility index (Phi) is 4.49. The standard InChI is InChI=1S/C10H12F4N2O3S/c1-5-7(19-4-10(13,14)9(11)12)2-6(15)3-8(5)20(16,17)18/h2-3,9H,4,15H2,1H3,(H2,16,17,18). The summed E-state index contributed by atoms with van der Waals surface area (Å²) in [4.78, 5) is -0.423. The Morgan fingerprint density at radius 2 is 1.90 bits per heavy atom. The number of hydrogen-bond donors (Lipinski definition) is 2. The Bertz CT molecular complexity index is 605. The van der Waals surface area contributed by atoms with Crippen molar-refractivity contribution in [2.24, 2.45) is 5.14 Å². The smallest absolute Gasteiger partial charge is 0.340 e. The second-order valence-electron chi connectivity index (χ2n) is 4.04. The fourth-order valence-corrected chi connectivity index (χ4v) is 2.19. The summed E-state index contributed by atoms with van der Waals surface area (Å²) in [5.41, 5.74) is 5.18. The molecule has 0 atom stereocenters. The van der Waals surface area contributed by atoms with E-state index in [1.807, 2.05) is 0 Å². The molecule has 0 saturated heterocycles. The van der Waals surface area contributed by atoms with Crippen LogP contribution >= 0.6 is 0 Å². The molecule has 4 N–H and O–H groups in total. The van der Waals surface area contributed by atoms with Gasteiger partial charge in [-0.15, -0.1) is 0 Å². The van der Waals surface area contributed by atoms with Gasteiger partial charge in [0.15, 0.2) is 6.61 Å². The molecule has 0 aliphatic carbocycles. The van der Waals surface area contributed by atoms with E-state index in [0.717, 1.165) is 12.1 Å². The van der Waals surface area contributed by atoms with E-state index in [2.05, 4.69) is 4.74 Å². The molecule has 0 saturated carbocycles. The summed E-state index contributed by atoms with van der Waals surface area (Å²) in [5, 5.41) is 4.92. The summed E-state index contributed by atoms with van der Waals surface area (Å²) in [6.07, 6.45) is -3.90. The highest BCUT2D eigenvalue weighted by molar-refractivity contribution is 7.89. The molecule has 10 heteroatoms. The Labute approximate surface area is 112 Å². The van der Waals surface area contributed by atoms with Crippen LogP contribution in [-0.4, -0.2) is 27.4 Å². The van der Waals surface area contributed by atoms with E-state index in [1.54, 1.807) is 0 Å². The number of nitrogens with two attached hydrogens (primary N) is 2. The predicted molar refractivity (Wildman–Crippen MR) is 63.4 cm³/mol. The van der Waals surface area contributed by atoms with Crippen molar-refractivity contribution in [1.29, 1.82) is 0 Å². The molecule has 0 spiro atoms. The van der Waals surface area contributed by atoms with Gasteiger partial charge in [0.05, 0.1) is 4.90 Å². The minimum absolute atomic E-state index is 0.0910. The van der Waals surface area contributed by atoms with Gasteiger partial charge in [-0.3, -0.25) is 0 Å². The highest BCUT2D eigenvalue weighted by atomic mass is 32.2. The minimum Gasteiger partial charge on any atom is -0.487 e. The molecule has 1 aromatic rings. The van der Waals surface area contributed by atoms with Gasteiger partial charge in [0.2, 0.25) is 10.0 Å². The maximum atomic E-state index is 12.7. The first-order valence-corrected chi connectivity index (χ1v) is 6.71.